The maximum atomic E-state index is 12.3. The van der Waals surface area contributed by atoms with E-state index >= 15 is 0 Å². The Hall–Kier alpha value is -6.35. The second-order valence-electron chi connectivity index (χ2n) is 18.4. The number of phenols is 1. The molecule has 2 aromatic heterocycles. The quantitative estimate of drug-likeness (QED) is 0.147. The van der Waals surface area contributed by atoms with Gasteiger partial charge in [-0.1, -0.05) is 169 Å². The summed E-state index contributed by atoms with van der Waals surface area (Å²) >= 11 is 0. The third-order valence-electron chi connectivity index (χ3n) is 12.2. The molecule has 4 nitrogen and oxygen atoms in total. The summed E-state index contributed by atoms with van der Waals surface area (Å²) in [6, 6.07) is 53.1. The zero-order chi connectivity index (χ0) is 49.9. The summed E-state index contributed by atoms with van der Waals surface area (Å²) < 4.78 is 54.2. The Bertz CT molecular complexity index is 3390. The van der Waals surface area contributed by atoms with Crippen molar-refractivity contribution < 1.29 is 34.4 Å². The number of hydrogen-bond acceptors (Lipinski definition) is 3. The predicted molar refractivity (Wildman–Crippen MR) is 268 cm³/mol. The third kappa shape index (κ3) is 8.90. The molecule has 328 valence electrons. The van der Waals surface area contributed by atoms with Gasteiger partial charge in [0.1, 0.15) is 11.6 Å². The number of aromatic hydroxyl groups is 1. The minimum Gasteiger partial charge on any atom is -0.507 e. The Morgan fingerprint density at radius 1 is 0.615 bits per heavy atom. The number of para-hydroxylation sites is 1. The van der Waals surface area contributed by atoms with Crippen LogP contribution in [-0.2, 0) is 26.5 Å². The van der Waals surface area contributed by atoms with Crippen LogP contribution in [0, 0.1) is 19.8 Å². The van der Waals surface area contributed by atoms with Gasteiger partial charge in [0, 0.05) is 46.9 Å². The van der Waals surface area contributed by atoms with Crippen LogP contribution in [-0.4, -0.2) is 19.6 Å². The molecule has 1 N–H and O–H groups in total. The van der Waals surface area contributed by atoms with E-state index in [1.54, 1.807) is 30.3 Å². The van der Waals surface area contributed by atoms with E-state index in [0.717, 1.165) is 61.3 Å². The largest absolute Gasteiger partial charge is 0.507 e. The number of pyridine rings is 1. The molecule has 0 spiro atoms. The van der Waals surface area contributed by atoms with Gasteiger partial charge in [0.05, 0.1) is 16.6 Å². The van der Waals surface area contributed by atoms with Crippen LogP contribution >= 0.6 is 0 Å². The monoisotopic (exact) mass is 1040 g/mol. The fourth-order valence-electron chi connectivity index (χ4n) is 8.51. The van der Waals surface area contributed by atoms with E-state index in [2.05, 4.69) is 95.3 Å². The molecule has 0 saturated carbocycles. The Labute approximate surface area is 407 Å². The summed E-state index contributed by atoms with van der Waals surface area (Å²) in [6.45, 7) is 9.24. The molecule has 0 bridgehead atoms. The first-order valence-corrected chi connectivity index (χ1v) is 22.0. The van der Waals surface area contributed by atoms with Crippen LogP contribution in [0.2, 0.25) is 0 Å². The number of phenolic OH excluding ortho intramolecular Hbond substituents is 1. The van der Waals surface area contributed by atoms with Gasteiger partial charge in [-0.15, -0.1) is 29.3 Å². The van der Waals surface area contributed by atoms with E-state index in [-0.39, 0.29) is 60.8 Å². The first-order chi connectivity index (χ1) is 33.2. The van der Waals surface area contributed by atoms with Crippen LogP contribution in [0.4, 0.5) is 0 Å². The molecule has 0 aliphatic rings. The van der Waals surface area contributed by atoms with Gasteiger partial charge < -0.3 is 5.11 Å². The average Bonchev–Trinajstić information content (AvgIpc) is 3.73. The van der Waals surface area contributed by atoms with Crippen LogP contribution in [0.25, 0.3) is 83.9 Å². The number of nitrogens with zero attached hydrogens (tertiary/aromatic N) is 3. The minimum atomic E-state index is -2.80. The van der Waals surface area contributed by atoms with Crippen LogP contribution in [0.15, 0.2) is 158 Å². The van der Waals surface area contributed by atoms with Crippen LogP contribution in [0.5, 0.6) is 5.75 Å². The molecule has 0 saturated heterocycles. The zero-order valence-electron chi connectivity index (χ0n) is 43.8. The van der Waals surface area contributed by atoms with Gasteiger partial charge >= 0.3 is 0 Å². The summed E-state index contributed by atoms with van der Waals surface area (Å²) in [7, 11) is 0. The number of aryl methyl sites for hydroxylation is 1. The van der Waals surface area contributed by atoms with Crippen LogP contribution in [0.1, 0.15) is 96.3 Å². The standard InChI is InChI=1S/C60H56N3O.Pt/c1-37(2)46-33-52(38(3)4)58(64)54(34-46)59-62-57-51(21-16-22-56(57)63(59)50-29-39(5)40(6)53(36-50)44-19-14-11-15-20-44)47-30-48(32-49(31-47)60(7,8)9)55-35-45(27-28-61-55)43-25-23-42(24-26-43)41-17-12-10-13-18-41;/h10-29,31-38,64H,1-9H3;/q-1;/i5D3,6D3;. The Morgan fingerprint density at radius 2 is 1.28 bits per heavy atom. The molecule has 0 aliphatic heterocycles. The van der Waals surface area contributed by atoms with E-state index in [1.807, 2.05) is 85.3 Å². The van der Waals surface area contributed by atoms with Gasteiger partial charge in [-0.2, -0.15) is 0 Å². The number of hydrogen-bond donors (Lipinski definition) is 1. The number of aromatic nitrogens is 3. The van der Waals surface area contributed by atoms with Crippen LogP contribution < -0.4 is 0 Å². The summed E-state index contributed by atoms with van der Waals surface area (Å²) in [5.41, 5.74) is 12.4. The molecule has 0 unspecified atom stereocenters. The molecular formula is C60H56N3OPt-. The van der Waals surface area contributed by atoms with E-state index in [0.29, 0.717) is 33.7 Å². The fraction of sp³-hybridized carbons (Fsp3) is 0.200. The van der Waals surface area contributed by atoms with Crippen molar-refractivity contribution in [1.82, 2.24) is 14.5 Å². The molecule has 7 aromatic carbocycles. The van der Waals surface area contributed by atoms with Crippen molar-refractivity contribution in [2.75, 3.05) is 0 Å². The van der Waals surface area contributed by atoms with Gasteiger partial charge in [-0.25, -0.2) is 4.98 Å². The summed E-state index contributed by atoms with van der Waals surface area (Å²) in [6.07, 6.45) is 1.83. The first-order valence-electron chi connectivity index (χ1n) is 25.0. The van der Waals surface area contributed by atoms with Crippen molar-refractivity contribution in [2.45, 2.75) is 79.4 Å². The molecule has 0 aliphatic carbocycles. The second-order valence-corrected chi connectivity index (χ2v) is 18.4. The van der Waals surface area contributed by atoms with E-state index in [4.69, 9.17) is 18.2 Å². The molecule has 0 amide bonds. The smallest absolute Gasteiger partial charge is 0.148 e. The molecule has 2 heterocycles. The molecule has 65 heavy (non-hydrogen) atoms. The molecular weight excluding hydrogens is 974 g/mol. The average molecular weight is 1040 g/mol. The van der Waals surface area contributed by atoms with Gasteiger partial charge in [0.15, 0.2) is 0 Å². The topological polar surface area (TPSA) is 50.9 Å². The number of benzene rings is 7. The minimum absolute atomic E-state index is 0. The molecule has 9 rings (SSSR count). The molecule has 0 radical (unpaired) electrons. The Balaban J connectivity index is 0.00000676. The third-order valence-corrected chi connectivity index (χ3v) is 12.2. The summed E-state index contributed by atoms with van der Waals surface area (Å²) in [5.74, 6) is 0.510. The van der Waals surface area contributed by atoms with Crippen molar-refractivity contribution in [3.63, 3.8) is 0 Å². The molecule has 0 fully saturated rings. The SMILES string of the molecule is [2H]C([2H])([2H])c1cc(-n2c(-c3cc(C(C)C)cc(C(C)C)c3O)nc3c(-c4[c-]c(-c5cc(-c6ccc(-c7ccccc7)cc6)ccn5)cc(C(C)(C)C)c4)cccc32)cc(-c2ccccc2)c1C([2H])([2H])[2H].[Pt]. The number of rotatable bonds is 9. The first kappa shape index (κ1) is 38.0. The van der Waals surface area contributed by atoms with Crippen molar-refractivity contribution in [1.29, 1.82) is 0 Å². The van der Waals surface area contributed by atoms with E-state index in [1.165, 1.54) is 6.07 Å². The maximum Gasteiger partial charge on any atom is 0.148 e. The number of imidazole rings is 1. The zero-order valence-corrected chi connectivity index (χ0v) is 40.0. The van der Waals surface area contributed by atoms with Gasteiger partial charge in [-0.05, 0) is 117 Å². The molecule has 9 aromatic rings. The van der Waals surface area contributed by atoms with Crippen LogP contribution in [0.3, 0.4) is 0 Å². The number of fused-ring (bicyclic) bond motifs is 1. The summed E-state index contributed by atoms with van der Waals surface area (Å²) in [4.78, 5) is 10.3. The molecule has 5 heteroatoms. The maximum absolute atomic E-state index is 12.3. The fourth-order valence-corrected chi connectivity index (χ4v) is 8.51. The van der Waals surface area contributed by atoms with Crippen molar-refractivity contribution in [3.05, 3.63) is 192 Å². The Morgan fingerprint density at radius 3 is 1.92 bits per heavy atom. The van der Waals surface area contributed by atoms with Gasteiger partial charge in [-0.3, -0.25) is 9.55 Å². The van der Waals surface area contributed by atoms with E-state index in [9.17, 15) is 5.11 Å². The van der Waals surface area contributed by atoms with Crippen molar-refractivity contribution in [3.8, 4) is 78.6 Å². The van der Waals surface area contributed by atoms with Gasteiger partial charge in [0.2, 0.25) is 0 Å². The Kier molecular flexibility index (Phi) is 10.7. The van der Waals surface area contributed by atoms with Crippen molar-refractivity contribution >= 4 is 11.0 Å². The predicted octanol–water partition coefficient (Wildman–Crippen LogP) is 16.1. The second kappa shape index (κ2) is 18.3. The normalized spacial score (nSPS) is 13.4. The van der Waals surface area contributed by atoms with E-state index < -0.39 is 13.7 Å². The summed E-state index contributed by atoms with van der Waals surface area (Å²) in [5, 5.41) is 12.3. The van der Waals surface area contributed by atoms with Gasteiger partial charge in [0.25, 0.3) is 0 Å². The van der Waals surface area contributed by atoms with Crippen molar-refractivity contribution in [2.24, 2.45) is 0 Å². The molecule has 0 atom stereocenters.